The molecule has 1 aliphatic heterocycles. The van der Waals surface area contributed by atoms with E-state index in [1.54, 1.807) is 12.1 Å². The molecule has 1 atom stereocenters. The first-order chi connectivity index (χ1) is 11.1. The summed E-state index contributed by atoms with van der Waals surface area (Å²) < 4.78 is 5.66. The highest BCUT2D eigenvalue weighted by molar-refractivity contribution is 5.95. The second kappa shape index (κ2) is 6.28. The number of hydrogen-bond donors (Lipinski definition) is 1. The van der Waals surface area contributed by atoms with Crippen LogP contribution in [0.15, 0.2) is 40.8 Å². The van der Waals surface area contributed by atoms with Crippen molar-refractivity contribution in [2.45, 2.75) is 32.2 Å². The maximum absolute atomic E-state index is 12.5. The molecule has 1 saturated heterocycles. The highest BCUT2D eigenvalue weighted by atomic mass is 16.4. The Hall–Kier alpha value is -2.56. The van der Waals surface area contributed by atoms with Crippen molar-refractivity contribution in [3.05, 3.63) is 47.7 Å². The van der Waals surface area contributed by atoms with Gasteiger partial charge >= 0.3 is 5.97 Å². The molecule has 0 spiro atoms. The third kappa shape index (κ3) is 2.99. The van der Waals surface area contributed by atoms with Crippen LogP contribution in [0.2, 0.25) is 0 Å². The average molecular weight is 313 g/mol. The average Bonchev–Trinajstić information content (AvgIpc) is 3.23. The lowest BCUT2D eigenvalue weighted by Crippen LogP contribution is -2.40. The SMILES string of the molecule is CCc1ccc(-c2ccc(C(=O)N3CCCC3C(=O)O)o2)cc1. The Kier molecular flexibility index (Phi) is 4.19. The van der Waals surface area contributed by atoms with Gasteiger partial charge in [-0.3, -0.25) is 4.79 Å². The van der Waals surface area contributed by atoms with Crippen molar-refractivity contribution in [2.75, 3.05) is 6.54 Å². The van der Waals surface area contributed by atoms with Crippen molar-refractivity contribution in [1.29, 1.82) is 0 Å². The van der Waals surface area contributed by atoms with E-state index in [1.165, 1.54) is 10.5 Å². The maximum atomic E-state index is 12.5. The molecule has 1 amide bonds. The zero-order chi connectivity index (χ0) is 16.4. The molecule has 1 aliphatic rings. The van der Waals surface area contributed by atoms with Crippen molar-refractivity contribution in [1.82, 2.24) is 4.90 Å². The van der Waals surface area contributed by atoms with Gasteiger partial charge in [-0.2, -0.15) is 0 Å². The number of carboxylic acids is 1. The molecule has 3 rings (SSSR count). The first kappa shape index (κ1) is 15.3. The number of amides is 1. The summed E-state index contributed by atoms with van der Waals surface area (Å²) in [5.41, 5.74) is 2.13. The van der Waals surface area contributed by atoms with Crippen LogP contribution in [-0.4, -0.2) is 34.5 Å². The number of carbonyl (C=O) groups is 2. The number of likely N-dealkylation sites (tertiary alicyclic amines) is 1. The first-order valence-electron chi connectivity index (χ1n) is 7.83. The van der Waals surface area contributed by atoms with Crippen LogP contribution in [0.3, 0.4) is 0 Å². The van der Waals surface area contributed by atoms with Crippen LogP contribution >= 0.6 is 0 Å². The van der Waals surface area contributed by atoms with Gasteiger partial charge in [0, 0.05) is 12.1 Å². The van der Waals surface area contributed by atoms with Gasteiger partial charge in [0.05, 0.1) is 0 Å². The lowest BCUT2D eigenvalue weighted by Gasteiger charge is -2.19. The molecule has 1 fully saturated rings. The van der Waals surface area contributed by atoms with Crippen LogP contribution in [0, 0.1) is 0 Å². The van der Waals surface area contributed by atoms with E-state index < -0.39 is 12.0 Å². The van der Waals surface area contributed by atoms with Gasteiger partial charge < -0.3 is 14.4 Å². The molecular formula is C18H19NO4. The molecule has 23 heavy (non-hydrogen) atoms. The van der Waals surface area contributed by atoms with Gasteiger partial charge in [0.25, 0.3) is 5.91 Å². The summed E-state index contributed by atoms with van der Waals surface area (Å²) in [6.07, 6.45) is 2.16. The predicted molar refractivity (Wildman–Crippen MR) is 85.2 cm³/mol. The maximum Gasteiger partial charge on any atom is 0.326 e. The Balaban J connectivity index is 1.80. The van der Waals surface area contributed by atoms with Gasteiger partial charge in [-0.05, 0) is 37.0 Å². The van der Waals surface area contributed by atoms with Gasteiger partial charge in [-0.1, -0.05) is 31.2 Å². The summed E-state index contributed by atoms with van der Waals surface area (Å²) in [6.45, 7) is 2.55. The first-order valence-corrected chi connectivity index (χ1v) is 7.83. The summed E-state index contributed by atoms with van der Waals surface area (Å²) in [5.74, 6) is -0.515. The second-order valence-electron chi connectivity index (χ2n) is 5.71. The number of carboxylic acid groups (broad SMARTS) is 1. The molecule has 1 unspecified atom stereocenters. The van der Waals surface area contributed by atoms with Crippen molar-refractivity contribution in [3.63, 3.8) is 0 Å². The molecule has 0 aliphatic carbocycles. The van der Waals surface area contributed by atoms with E-state index >= 15 is 0 Å². The molecule has 0 bridgehead atoms. The van der Waals surface area contributed by atoms with E-state index in [0.717, 1.165) is 12.0 Å². The van der Waals surface area contributed by atoms with Crippen LogP contribution in [0.5, 0.6) is 0 Å². The quantitative estimate of drug-likeness (QED) is 0.941. The van der Waals surface area contributed by atoms with Crippen molar-refractivity contribution in [2.24, 2.45) is 0 Å². The van der Waals surface area contributed by atoms with Crippen molar-refractivity contribution < 1.29 is 19.1 Å². The molecule has 0 saturated carbocycles. The summed E-state index contributed by atoms with van der Waals surface area (Å²) >= 11 is 0. The van der Waals surface area contributed by atoms with Gasteiger partial charge in [-0.25, -0.2) is 4.79 Å². The van der Waals surface area contributed by atoms with Gasteiger partial charge in [-0.15, -0.1) is 0 Å². The second-order valence-corrected chi connectivity index (χ2v) is 5.71. The molecule has 2 heterocycles. The predicted octanol–water partition coefficient (Wildman–Crippen LogP) is 3.20. The lowest BCUT2D eigenvalue weighted by atomic mass is 10.1. The Morgan fingerprint density at radius 2 is 1.96 bits per heavy atom. The number of benzene rings is 1. The van der Waals surface area contributed by atoms with E-state index in [-0.39, 0.29) is 11.7 Å². The fraction of sp³-hybridized carbons (Fsp3) is 0.333. The molecule has 1 aromatic carbocycles. The number of hydrogen-bond acceptors (Lipinski definition) is 3. The normalized spacial score (nSPS) is 17.4. The Morgan fingerprint density at radius 1 is 1.22 bits per heavy atom. The van der Waals surface area contributed by atoms with Crippen LogP contribution in [0.1, 0.15) is 35.9 Å². The summed E-state index contributed by atoms with van der Waals surface area (Å²) in [7, 11) is 0. The fourth-order valence-corrected chi connectivity index (χ4v) is 2.92. The van der Waals surface area contributed by atoms with E-state index in [2.05, 4.69) is 6.92 Å². The summed E-state index contributed by atoms with van der Waals surface area (Å²) in [6, 6.07) is 10.6. The monoisotopic (exact) mass is 313 g/mol. The molecule has 120 valence electrons. The van der Waals surface area contributed by atoms with Crippen molar-refractivity contribution >= 4 is 11.9 Å². The van der Waals surface area contributed by atoms with Crippen LogP contribution < -0.4 is 0 Å². The third-order valence-corrected chi connectivity index (χ3v) is 4.26. The molecule has 1 aromatic heterocycles. The van der Waals surface area contributed by atoms with E-state index in [9.17, 15) is 14.7 Å². The molecule has 5 heteroatoms. The highest BCUT2D eigenvalue weighted by Crippen LogP contribution is 2.26. The lowest BCUT2D eigenvalue weighted by molar-refractivity contribution is -0.141. The smallest absolute Gasteiger partial charge is 0.326 e. The molecule has 1 N–H and O–H groups in total. The minimum Gasteiger partial charge on any atom is -0.480 e. The van der Waals surface area contributed by atoms with Crippen LogP contribution in [0.4, 0.5) is 0 Å². The number of nitrogens with zero attached hydrogens (tertiary/aromatic N) is 1. The highest BCUT2D eigenvalue weighted by Gasteiger charge is 2.35. The Morgan fingerprint density at radius 3 is 2.61 bits per heavy atom. The van der Waals surface area contributed by atoms with Crippen molar-refractivity contribution in [3.8, 4) is 11.3 Å². The van der Waals surface area contributed by atoms with Crippen LogP contribution in [0.25, 0.3) is 11.3 Å². The summed E-state index contributed by atoms with van der Waals surface area (Å²) in [4.78, 5) is 25.1. The zero-order valence-electron chi connectivity index (χ0n) is 13.0. The van der Waals surface area contributed by atoms with E-state index in [0.29, 0.717) is 25.1 Å². The largest absolute Gasteiger partial charge is 0.480 e. The fourth-order valence-electron chi connectivity index (χ4n) is 2.92. The molecule has 5 nitrogen and oxygen atoms in total. The van der Waals surface area contributed by atoms with E-state index in [1.807, 2.05) is 24.3 Å². The van der Waals surface area contributed by atoms with Gasteiger partial charge in [0.1, 0.15) is 11.8 Å². The Labute approximate surface area is 134 Å². The molecule has 0 radical (unpaired) electrons. The van der Waals surface area contributed by atoms with Gasteiger partial charge in [0.2, 0.25) is 0 Å². The number of carbonyl (C=O) groups excluding carboxylic acids is 1. The zero-order valence-corrected chi connectivity index (χ0v) is 13.0. The van der Waals surface area contributed by atoms with E-state index in [4.69, 9.17) is 4.42 Å². The number of aliphatic carboxylic acids is 1. The Bertz CT molecular complexity index is 717. The minimum atomic E-state index is -0.960. The topological polar surface area (TPSA) is 70.8 Å². The number of aryl methyl sites for hydroxylation is 1. The molecular weight excluding hydrogens is 294 g/mol. The standard InChI is InChI=1S/C18H19NO4/c1-2-12-5-7-13(8-6-12)15-9-10-16(23-15)17(20)19-11-3-4-14(19)18(21)22/h5-10,14H,2-4,11H2,1H3,(H,21,22). The third-order valence-electron chi connectivity index (χ3n) is 4.26. The summed E-state index contributed by atoms with van der Waals surface area (Å²) in [5, 5.41) is 9.19. The van der Waals surface area contributed by atoms with Gasteiger partial charge in [0.15, 0.2) is 5.76 Å². The van der Waals surface area contributed by atoms with Crippen LogP contribution in [-0.2, 0) is 11.2 Å². The number of furan rings is 1. The molecule has 2 aromatic rings. The minimum absolute atomic E-state index is 0.188. The number of rotatable bonds is 4.